The molecule has 3 N–H and O–H groups in total. The van der Waals surface area contributed by atoms with Crippen LogP contribution in [0.5, 0.6) is 0 Å². The van der Waals surface area contributed by atoms with Gasteiger partial charge in [-0.2, -0.15) is 5.10 Å². The molecule has 0 saturated heterocycles. The summed E-state index contributed by atoms with van der Waals surface area (Å²) in [5.74, 6) is -0.295. The fourth-order valence-electron chi connectivity index (χ4n) is 2.89. The van der Waals surface area contributed by atoms with E-state index in [1.165, 1.54) is 0 Å². The topological polar surface area (TPSA) is 89.5 Å². The number of aliphatic hydroxyl groups is 2. The number of carbonyl (C=O) groups excluding carboxylic acids is 1. The van der Waals surface area contributed by atoms with E-state index in [1.807, 2.05) is 19.1 Å². The molecule has 1 aliphatic heterocycles. The lowest BCUT2D eigenvalue weighted by Crippen LogP contribution is -2.24. The highest BCUT2D eigenvalue weighted by molar-refractivity contribution is 5.93. The van der Waals surface area contributed by atoms with Gasteiger partial charge in [0.05, 0.1) is 18.7 Å². The summed E-state index contributed by atoms with van der Waals surface area (Å²) in [6, 6.07) is 5.43. The quantitative estimate of drug-likeness (QED) is 0.799. The minimum atomic E-state index is -0.946. The van der Waals surface area contributed by atoms with Gasteiger partial charge in [-0.25, -0.2) is 0 Å². The van der Waals surface area contributed by atoms with Crippen molar-refractivity contribution in [2.45, 2.75) is 18.9 Å². The Labute approximate surface area is 134 Å². The van der Waals surface area contributed by atoms with Crippen LogP contribution in [0.1, 0.15) is 41.2 Å². The number of hydrogen-bond acceptors (Lipinski definition) is 4. The molecule has 3 rings (SSSR count). The maximum Gasteiger partial charge on any atom is 0.233 e. The number of hydrogen-bond donors (Lipinski definition) is 3. The number of carbonyl (C=O) groups is 1. The molecule has 1 aromatic carbocycles. The molecule has 0 spiro atoms. The molecule has 1 aromatic heterocycles. The first-order chi connectivity index (χ1) is 11.0. The van der Waals surface area contributed by atoms with Gasteiger partial charge >= 0.3 is 0 Å². The van der Waals surface area contributed by atoms with Gasteiger partial charge in [0.15, 0.2) is 0 Å². The van der Waals surface area contributed by atoms with Crippen LogP contribution < -0.4 is 0 Å². The van der Waals surface area contributed by atoms with E-state index < -0.39 is 6.10 Å². The van der Waals surface area contributed by atoms with Crippen molar-refractivity contribution in [3.63, 3.8) is 0 Å². The third-order valence-electron chi connectivity index (χ3n) is 4.24. The van der Waals surface area contributed by atoms with Crippen molar-refractivity contribution in [2.24, 2.45) is 0 Å². The third kappa shape index (κ3) is 2.67. The normalized spacial score (nSPS) is 19.1. The molecule has 0 aliphatic carbocycles. The van der Waals surface area contributed by atoms with Gasteiger partial charge in [-0.05, 0) is 29.7 Å². The van der Waals surface area contributed by atoms with E-state index in [-0.39, 0.29) is 18.4 Å². The number of fused-ring (bicyclic) bond motifs is 1. The van der Waals surface area contributed by atoms with E-state index in [0.717, 1.165) is 22.3 Å². The van der Waals surface area contributed by atoms with Crippen LogP contribution in [-0.2, 0) is 4.79 Å². The summed E-state index contributed by atoms with van der Waals surface area (Å²) in [4.78, 5) is 14.0. The number of nitrogens with zero attached hydrogens (tertiary/aromatic N) is 2. The smallest absolute Gasteiger partial charge is 0.233 e. The molecule has 0 fully saturated rings. The molecule has 0 saturated carbocycles. The average molecular weight is 313 g/mol. The van der Waals surface area contributed by atoms with Gasteiger partial charge in [-0.1, -0.05) is 12.1 Å². The van der Waals surface area contributed by atoms with Crippen LogP contribution >= 0.6 is 0 Å². The lowest BCUT2D eigenvalue weighted by Gasteiger charge is -2.17. The predicted octanol–water partition coefficient (Wildman–Crippen LogP) is 1.40. The maximum atomic E-state index is 12.5. The Balaban J connectivity index is 2.22. The van der Waals surface area contributed by atoms with Crippen molar-refractivity contribution in [3.8, 4) is 0 Å². The summed E-state index contributed by atoms with van der Waals surface area (Å²) >= 11 is 0. The lowest BCUT2D eigenvalue weighted by molar-refractivity contribution is -0.128. The summed E-state index contributed by atoms with van der Waals surface area (Å²) in [5.41, 5.74) is 4.07. The van der Waals surface area contributed by atoms with Gasteiger partial charge in [0.2, 0.25) is 5.91 Å². The summed E-state index contributed by atoms with van der Waals surface area (Å²) in [7, 11) is 1.73. The first-order valence-corrected chi connectivity index (χ1v) is 7.43. The van der Waals surface area contributed by atoms with E-state index in [9.17, 15) is 15.0 Å². The van der Waals surface area contributed by atoms with E-state index in [2.05, 4.69) is 10.2 Å². The van der Waals surface area contributed by atoms with Crippen molar-refractivity contribution < 1.29 is 15.0 Å². The Morgan fingerprint density at radius 1 is 1.43 bits per heavy atom. The van der Waals surface area contributed by atoms with Gasteiger partial charge < -0.3 is 15.1 Å². The molecule has 6 nitrogen and oxygen atoms in total. The number of H-pyrrole nitrogens is 1. The number of nitrogens with one attached hydrogen (secondary N) is 1. The zero-order valence-corrected chi connectivity index (χ0v) is 13.0. The molecule has 1 aliphatic rings. The highest BCUT2D eigenvalue weighted by atomic mass is 16.3. The van der Waals surface area contributed by atoms with Gasteiger partial charge in [0.25, 0.3) is 0 Å². The van der Waals surface area contributed by atoms with Crippen molar-refractivity contribution in [1.29, 1.82) is 0 Å². The van der Waals surface area contributed by atoms with Crippen LogP contribution in [-0.4, -0.2) is 44.9 Å². The summed E-state index contributed by atoms with van der Waals surface area (Å²) in [6.07, 6.45) is 4.29. The zero-order chi connectivity index (χ0) is 16.6. The molecule has 0 radical (unpaired) electrons. The highest BCUT2D eigenvalue weighted by Gasteiger charge is 2.27. The van der Waals surface area contributed by atoms with Gasteiger partial charge in [0, 0.05) is 30.6 Å². The standard InChI is InChI=1S/C17H19N3O3/c1-10-13-4-3-11(16(22)9-21)5-14(13)15(8-20(2)17(10)23)12-6-18-19-7-12/h3-8,10,16,21-22H,9H2,1-2H3,(H,18,19)/t10-,16+/m1/s1. The summed E-state index contributed by atoms with van der Waals surface area (Å²) < 4.78 is 0. The second kappa shape index (κ2) is 5.98. The van der Waals surface area contributed by atoms with Crippen molar-refractivity contribution in [2.75, 3.05) is 13.7 Å². The Morgan fingerprint density at radius 3 is 2.87 bits per heavy atom. The van der Waals surface area contributed by atoms with E-state index in [4.69, 9.17) is 0 Å². The van der Waals surface area contributed by atoms with Crippen LogP contribution in [0.25, 0.3) is 5.57 Å². The molecule has 23 heavy (non-hydrogen) atoms. The highest BCUT2D eigenvalue weighted by Crippen LogP contribution is 2.35. The average Bonchev–Trinajstić information content (AvgIpc) is 3.08. The molecule has 120 valence electrons. The minimum absolute atomic E-state index is 0.000187. The van der Waals surface area contributed by atoms with Gasteiger partial charge in [-0.15, -0.1) is 0 Å². The van der Waals surface area contributed by atoms with Crippen molar-refractivity contribution in [3.05, 3.63) is 59.0 Å². The SMILES string of the molecule is C[C@H]1C(=O)N(C)C=C(c2cn[nH]c2)c2cc([C@@H](O)CO)ccc21. The largest absolute Gasteiger partial charge is 0.393 e. The van der Waals surface area contributed by atoms with Gasteiger partial charge in [-0.3, -0.25) is 9.89 Å². The van der Waals surface area contributed by atoms with Gasteiger partial charge in [0.1, 0.15) is 6.10 Å². The lowest BCUT2D eigenvalue weighted by atomic mass is 9.88. The first-order valence-electron chi connectivity index (χ1n) is 7.43. The van der Waals surface area contributed by atoms with Crippen LogP contribution in [0.2, 0.25) is 0 Å². The number of likely N-dealkylation sites (N-methyl/N-ethyl adjacent to an activating group) is 1. The Morgan fingerprint density at radius 2 is 2.22 bits per heavy atom. The first kappa shape index (κ1) is 15.5. The molecular weight excluding hydrogens is 294 g/mol. The fourth-order valence-corrected chi connectivity index (χ4v) is 2.89. The monoisotopic (exact) mass is 313 g/mol. The number of aliphatic hydroxyl groups excluding tert-OH is 2. The van der Waals surface area contributed by atoms with E-state index >= 15 is 0 Å². The summed E-state index contributed by atoms with van der Waals surface area (Å²) in [6.45, 7) is 1.52. The number of aromatic nitrogens is 2. The van der Waals surface area contributed by atoms with E-state index in [1.54, 1.807) is 36.6 Å². The molecular formula is C17H19N3O3. The van der Waals surface area contributed by atoms with Crippen LogP contribution in [0.4, 0.5) is 0 Å². The van der Waals surface area contributed by atoms with Crippen molar-refractivity contribution >= 4 is 11.5 Å². The van der Waals surface area contributed by atoms with Crippen LogP contribution in [0, 0.1) is 0 Å². The second-order valence-corrected chi connectivity index (χ2v) is 5.75. The third-order valence-corrected chi connectivity index (χ3v) is 4.24. The predicted molar refractivity (Wildman–Crippen MR) is 85.3 cm³/mol. The number of aromatic amines is 1. The molecule has 0 unspecified atom stereocenters. The number of benzene rings is 1. The molecule has 2 heterocycles. The fraction of sp³-hybridized carbons (Fsp3) is 0.294. The molecule has 2 atom stereocenters. The number of amides is 1. The summed E-state index contributed by atoms with van der Waals surface area (Å²) in [5, 5.41) is 25.9. The van der Waals surface area contributed by atoms with E-state index in [0.29, 0.717) is 5.56 Å². The van der Waals surface area contributed by atoms with Crippen LogP contribution in [0.3, 0.4) is 0 Å². The Bertz CT molecular complexity index is 752. The Kier molecular flexibility index (Phi) is 4.02. The van der Waals surface area contributed by atoms with Crippen LogP contribution in [0.15, 0.2) is 36.8 Å². The molecule has 2 aromatic rings. The maximum absolute atomic E-state index is 12.5. The molecule has 0 bridgehead atoms. The molecule has 6 heteroatoms. The second-order valence-electron chi connectivity index (χ2n) is 5.75. The minimum Gasteiger partial charge on any atom is -0.393 e. The Hall–Kier alpha value is -2.44. The van der Waals surface area contributed by atoms with Crippen molar-refractivity contribution in [1.82, 2.24) is 15.1 Å². The molecule has 1 amide bonds. The zero-order valence-electron chi connectivity index (χ0n) is 13.0. The number of rotatable bonds is 3.